The van der Waals surface area contributed by atoms with Gasteiger partial charge in [-0.2, -0.15) is 11.8 Å². The summed E-state index contributed by atoms with van der Waals surface area (Å²) < 4.78 is 0. The lowest BCUT2D eigenvalue weighted by Crippen LogP contribution is -2.24. The van der Waals surface area contributed by atoms with Gasteiger partial charge in [0, 0.05) is 23.5 Å². The van der Waals surface area contributed by atoms with E-state index in [1.807, 2.05) is 6.26 Å². The fourth-order valence-corrected chi connectivity index (χ4v) is 1.61. The number of rotatable bonds is 7. The first-order chi connectivity index (χ1) is 6.16. The third-order valence-corrected chi connectivity index (χ3v) is 2.70. The van der Waals surface area contributed by atoms with Gasteiger partial charge in [0.15, 0.2) is 0 Å². The van der Waals surface area contributed by atoms with Gasteiger partial charge in [0.2, 0.25) is 5.91 Å². The van der Waals surface area contributed by atoms with Gasteiger partial charge in [-0.25, -0.2) is 0 Å². The van der Waals surface area contributed by atoms with E-state index in [9.17, 15) is 4.79 Å². The molecule has 0 bridgehead atoms. The summed E-state index contributed by atoms with van der Waals surface area (Å²) in [5.74, 6) is 1.09. The van der Waals surface area contributed by atoms with Crippen molar-refractivity contribution in [2.45, 2.75) is 31.0 Å². The second kappa shape index (κ2) is 8.88. The Bertz CT molecular complexity index is 142. The summed E-state index contributed by atoms with van der Waals surface area (Å²) in [5, 5.41) is 2.90. The third-order valence-electron chi connectivity index (χ3n) is 1.63. The molecule has 13 heavy (non-hydrogen) atoms. The molecule has 0 spiro atoms. The van der Waals surface area contributed by atoms with Gasteiger partial charge in [0.05, 0.1) is 0 Å². The number of amides is 1. The molecule has 2 nitrogen and oxygen atoms in total. The minimum Gasteiger partial charge on any atom is -0.356 e. The molecule has 0 heterocycles. The number of hydrogen-bond donors (Lipinski definition) is 1. The summed E-state index contributed by atoms with van der Waals surface area (Å²) in [6.07, 6.45) is 4.82. The van der Waals surface area contributed by atoms with Gasteiger partial charge >= 0.3 is 0 Å². The molecular formula is C9H18BrNOS. The zero-order valence-corrected chi connectivity index (χ0v) is 10.7. The van der Waals surface area contributed by atoms with Crippen molar-refractivity contribution in [2.75, 3.05) is 18.6 Å². The lowest BCUT2D eigenvalue weighted by Gasteiger charge is -2.05. The fraction of sp³-hybridized carbons (Fsp3) is 0.889. The van der Waals surface area contributed by atoms with Crippen molar-refractivity contribution >= 4 is 33.6 Å². The van der Waals surface area contributed by atoms with Crippen LogP contribution in [0.15, 0.2) is 0 Å². The second-order valence-electron chi connectivity index (χ2n) is 3.02. The molecule has 4 heteroatoms. The highest BCUT2D eigenvalue weighted by Crippen LogP contribution is 2.05. The van der Waals surface area contributed by atoms with Gasteiger partial charge in [-0.3, -0.25) is 4.79 Å². The minimum atomic E-state index is 0.177. The van der Waals surface area contributed by atoms with Crippen LogP contribution in [0.25, 0.3) is 0 Å². The number of alkyl halides is 1. The van der Waals surface area contributed by atoms with Crippen LogP contribution in [-0.4, -0.2) is 29.3 Å². The van der Waals surface area contributed by atoms with Gasteiger partial charge in [-0.15, -0.1) is 0 Å². The highest BCUT2D eigenvalue weighted by molar-refractivity contribution is 9.09. The molecule has 1 amide bonds. The second-order valence-corrected chi connectivity index (χ2v) is 5.56. The van der Waals surface area contributed by atoms with E-state index in [1.54, 1.807) is 11.8 Å². The highest BCUT2D eigenvalue weighted by atomic mass is 79.9. The molecule has 1 atom stereocenters. The van der Waals surface area contributed by atoms with Crippen molar-refractivity contribution < 1.29 is 4.79 Å². The molecule has 0 aromatic carbocycles. The maximum absolute atomic E-state index is 11.1. The Labute approximate surface area is 93.4 Å². The Hall–Kier alpha value is 0.300. The Balaban J connectivity index is 3.17. The van der Waals surface area contributed by atoms with Crippen molar-refractivity contribution in [1.29, 1.82) is 0 Å². The summed E-state index contributed by atoms with van der Waals surface area (Å²) >= 11 is 5.17. The van der Waals surface area contributed by atoms with Crippen molar-refractivity contribution in [3.8, 4) is 0 Å². The average molecular weight is 268 g/mol. The van der Waals surface area contributed by atoms with Gasteiger partial charge in [-0.05, 0) is 19.1 Å². The van der Waals surface area contributed by atoms with E-state index in [-0.39, 0.29) is 5.91 Å². The molecule has 0 radical (unpaired) electrons. The third kappa shape index (κ3) is 10.2. The van der Waals surface area contributed by atoms with Crippen LogP contribution in [0.5, 0.6) is 0 Å². The van der Waals surface area contributed by atoms with Crippen LogP contribution < -0.4 is 5.32 Å². The molecule has 0 aromatic heterocycles. The van der Waals surface area contributed by atoms with Crippen LogP contribution >= 0.6 is 27.7 Å². The Morgan fingerprint density at radius 2 is 2.31 bits per heavy atom. The van der Waals surface area contributed by atoms with Crippen LogP contribution in [0.4, 0.5) is 0 Å². The van der Waals surface area contributed by atoms with Crippen LogP contribution in [0.1, 0.15) is 26.2 Å². The number of hydrogen-bond acceptors (Lipinski definition) is 2. The van der Waals surface area contributed by atoms with Crippen LogP contribution in [0, 0.1) is 0 Å². The SMILES string of the molecule is CSCCC(=O)NCCCC(C)Br. The number of thioether (sulfide) groups is 1. The molecule has 0 rings (SSSR count). The van der Waals surface area contributed by atoms with Crippen molar-refractivity contribution in [3.63, 3.8) is 0 Å². The summed E-state index contributed by atoms with van der Waals surface area (Å²) in [7, 11) is 0. The lowest BCUT2D eigenvalue weighted by atomic mass is 10.2. The van der Waals surface area contributed by atoms with Gasteiger partial charge < -0.3 is 5.32 Å². The maximum Gasteiger partial charge on any atom is 0.220 e. The van der Waals surface area contributed by atoms with E-state index in [4.69, 9.17) is 0 Å². The molecule has 0 aliphatic carbocycles. The van der Waals surface area contributed by atoms with Gasteiger partial charge in [-0.1, -0.05) is 22.9 Å². The van der Waals surface area contributed by atoms with E-state index in [2.05, 4.69) is 28.2 Å². The first kappa shape index (κ1) is 13.3. The quantitative estimate of drug-likeness (QED) is 0.567. The maximum atomic E-state index is 11.1. The number of carbonyl (C=O) groups is 1. The summed E-state index contributed by atoms with van der Waals surface area (Å²) in [6, 6.07) is 0. The van der Waals surface area contributed by atoms with E-state index < -0.39 is 0 Å². The lowest BCUT2D eigenvalue weighted by molar-refractivity contribution is -0.120. The molecule has 0 saturated carbocycles. The molecule has 0 aliphatic heterocycles. The molecule has 0 fully saturated rings. The zero-order valence-electron chi connectivity index (χ0n) is 8.31. The average Bonchev–Trinajstić information content (AvgIpc) is 2.08. The number of nitrogens with one attached hydrogen (secondary N) is 1. The van der Waals surface area contributed by atoms with Gasteiger partial charge in [0.1, 0.15) is 0 Å². The van der Waals surface area contributed by atoms with E-state index in [1.165, 1.54) is 0 Å². The van der Waals surface area contributed by atoms with Crippen LogP contribution in [0.3, 0.4) is 0 Å². The summed E-state index contributed by atoms with van der Waals surface area (Å²) in [6.45, 7) is 2.93. The predicted molar refractivity (Wildman–Crippen MR) is 63.6 cm³/mol. The number of halogens is 1. The molecule has 1 N–H and O–H groups in total. The standard InChI is InChI=1S/C9H18BrNOS/c1-8(10)4-3-6-11-9(12)5-7-13-2/h8H,3-7H2,1-2H3,(H,11,12). The van der Waals surface area contributed by atoms with E-state index in [0.29, 0.717) is 11.2 Å². The Morgan fingerprint density at radius 3 is 2.85 bits per heavy atom. The first-order valence-electron chi connectivity index (χ1n) is 4.56. The van der Waals surface area contributed by atoms with Crippen molar-refractivity contribution in [2.24, 2.45) is 0 Å². The normalized spacial score (nSPS) is 12.5. The zero-order chi connectivity index (χ0) is 10.1. The van der Waals surface area contributed by atoms with E-state index in [0.717, 1.165) is 25.1 Å². The smallest absolute Gasteiger partial charge is 0.220 e. The van der Waals surface area contributed by atoms with Crippen LogP contribution in [-0.2, 0) is 4.79 Å². The molecule has 1 unspecified atom stereocenters. The molecule has 0 saturated heterocycles. The topological polar surface area (TPSA) is 29.1 Å². The Kier molecular flexibility index (Phi) is 9.08. The highest BCUT2D eigenvalue weighted by Gasteiger charge is 2.00. The fourth-order valence-electron chi connectivity index (χ4n) is 0.894. The van der Waals surface area contributed by atoms with Crippen LogP contribution in [0.2, 0.25) is 0 Å². The van der Waals surface area contributed by atoms with Crippen molar-refractivity contribution in [3.05, 3.63) is 0 Å². The minimum absolute atomic E-state index is 0.177. The Morgan fingerprint density at radius 1 is 1.62 bits per heavy atom. The summed E-state index contributed by atoms with van der Waals surface area (Å²) in [5.41, 5.74) is 0. The van der Waals surface area contributed by atoms with Gasteiger partial charge in [0.25, 0.3) is 0 Å². The number of carbonyl (C=O) groups excluding carboxylic acids is 1. The molecular weight excluding hydrogens is 250 g/mol. The summed E-state index contributed by atoms with van der Waals surface area (Å²) in [4.78, 5) is 11.7. The molecule has 78 valence electrons. The van der Waals surface area contributed by atoms with Crippen molar-refractivity contribution in [1.82, 2.24) is 5.32 Å². The predicted octanol–water partition coefficient (Wildman–Crippen LogP) is 2.42. The monoisotopic (exact) mass is 267 g/mol. The molecule has 0 aromatic rings. The first-order valence-corrected chi connectivity index (χ1v) is 6.87. The van der Waals surface area contributed by atoms with E-state index >= 15 is 0 Å². The molecule has 0 aliphatic rings. The largest absolute Gasteiger partial charge is 0.356 e.